The number of benzene rings is 1. The van der Waals surface area contributed by atoms with Gasteiger partial charge in [-0.2, -0.15) is 0 Å². The van der Waals surface area contributed by atoms with E-state index in [9.17, 15) is 9.59 Å². The molecule has 0 fully saturated rings. The minimum absolute atomic E-state index is 0.193. The van der Waals surface area contributed by atoms with Crippen molar-refractivity contribution in [3.63, 3.8) is 0 Å². The Kier molecular flexibility index (Phi) is 4.83. The van der Waals surface area contributed by atoms with Crippen molar-refractivity contribution in [1.82, 2.24) is 20.3 Å². The van der Waals surface area contributed by atoms with E-state index in [0.29, 0.717) is 16.7 Å². The van der Waals surface area contributed by atoms with Crippen molar-refractivity contribution in [1.29, 1.82) is 0 Å². The molecular weight excluding hydrogens is 300 g/mol. The molecule has 1 amide bonds. The number of aromatic nitrogens is 3. The van der Waals surface area contributed by atoms with Crippen LogP contribution in [0, 0.1) is 0 Å². The van der Waals surface area contributed by atoms with Gasteiger partial charge in [0.1, 0.15) is 16.9 Å². The van der Waals surface area contributed by atoms with E-state index in [0.717, 1.165) is 0 Å². The Hall–Kier alpha value is -2.64. The lowest BCUT2D eigenvalue weighted by molar-refractivity contribution is 0.0525. The van der Waals surface area contributed by atoms with Gasteiger partial charge >= 0.3 is 6.09 Å². The summed E-state index contributed by atoms with van der Waals surface area (Å²) in [5.41, 5.74) is -0.368. The highest BCUT2D eigenvalue weighted by molar-refractivity contribution is 5.78. The molecule has 8 nitrogen and oxygen atoms in total. The lowest BCUT2D eigenvalue weighted by Gasteiger charge is -2.19. The largest absolute Gasteiger partial charge is 0.497 e. The summed E-state index contributed by atoms with van der Waals surface area (Å²) in [4.78, 5) is 23.9. The second-order valence-corrected chi connectivity index (χ2v) is 5.93. The van der Waals surface area contributed by atoms with E-state index in [4.69, 9.17) is 9.47 Å². The topological polar surface area (TPSA) is 95.3 Å². The Morgan fingerprint density at radius 3 is 2.74 bits per heavy atom. The molecule has 8 heteroatoms. The number of carbonyl (C=O) groups is 1. The van der Waals surface area contributed by atoms with Crippen LogP contribution in [0.4, 0.5) is 4.79 Å². The van der Waals surface area contributed by atoms with Crippen molar-refractivity contribution in [2.45, 2.75) is 32.9 Å². The zero-order valence-corrected chi connectivity index (χ0v) is 13.6. The Balaban J connectivity index is 2.08. The number of fused-ring (bicyclic) bond motifs is 1. The first kappa shape index (κ1) is 16.7. The van der Waals surface area contributed by atoms with Crippen LogP contribution in [0.2, 0.25) is 0 Å². The maximum Gasteiger partial charge on any atom is 0.407 e. The molecule has 0 saturated carbocycles. The molecule has 0 spiro atoms. The Morgan fingerprint density at radius 1 is 1.35 bits per heavy atom. The van der Waals surface area contributed by atoms with Crippen molar-refractivity contribution in [3.8, 4) is 5.75 Å². The van der Waals surface area contributed by atoms with Gasteiger partial charge in [0.2, 0.25) is 0 Å². The minimum Gasteiger partial charge on any atom is -0.497 e. The van der Waals surface area contributed by atoms with Gasteiger partial charge in [0.15, 0.2) is 0 Å². The molecule has 0 atom stereocenters. The fourth-order valence-electron chi connectivity index (χ4n) is 1.91. The highest BCUT2D eigenvalue weighted by Crippen LogP contribution is 2.15. The number of nitrogens with one attached hydrogen (secondary N) is 1. The highest BCUT2D eigenvalue weighted by Gasteiger charge is 2.15. The molecular formula is C15H20N4O4. The number of nitrogens with zero attached hydrogens (tertiary/aromatic N) is 3. The standard InChI is InChI=1S/C15H20N4O4/c1-15(2,3)23-14(21)16-7-8-19-13(20)11-9-10(22-4)5-6-12(11)17-18-19/h5-6,9H,7-8H2,1-4H3,(H,16,21). The van der Waals surface area contributed by atoms with Crippen LogP contribution >= 0.6 is 0 Å². The third-order valence-corrected chi connectivity index (χ3v) is 2.92. The SMILES string of the molecule is COc1ccc2nnn(CCNC(=O)OC(C)(C)C)c(=O)c2c1. The lowest BCUT2D eigenvalue weighted by atomic mass is 10.2. The maximum atomic E-state index is 12.4. The van der Waals surface area contributed by atoms with E-state index >= 15 is 0 Å². The molecule has 2 rings (SSSR count). The monoisotopic (exact) mass is 320 g/mol. The molecule has 2 aromatic rings. The Labute approximate surface area is 133 Å². The van der Waals surface area contributed by atoms with Crippen molar-refractivity contribution in [3.05, 3.63) is 28.6 Å². The van der Waals surface area contributed by atoms with E-state index in [1.807, 2.05) is 0 Å². The number of rotatable bonds is 4. The van der Waals surface area contributed by atoms with Gasteiger partial charge in [-0.1, -0.05) is 5.21 Å². The number of amides is 1. The highest BCUT2D eigenvalue weighted by atomic mass is 16.6. The number of alkyl carbamates (subject to hydrolysis) is 1. The van der Waals surface area contributed by atoms with Gasteiger partial charge in [-0.25, -0.2) is 9.48 Å². The average molecular weight is 320 g/mol. The summed E-state index contributed by atoms with van der Waals surface area (Å²) in [6.45, 7) is 5.73. The normalized spacial score (nSPS) is 11.3. The first-order valence-corrected chi connectivity index (χ1v) is 7.18. The molecule has 1 aromatic carbocycles. The zero-order valence-electron chi connectivity index (χ0n) is 13.6. The predicted molar refractivity (Wildman–Crippen MR) is 84.6 cm³/mol. The maximum absolute atomic E-state index is 12.4. The van der Waals surface area contributed by atoms with E-state index in [-0.39, 0.29) is 18.6 Å². The van der Waals surface area contributed by atoms with Crippen molar-refractivity contribution < 1.29 is 14.3 Å². The fourth-order valence-corrected chi connectivity index (χ4v) is 1.91. The van der Waals surface area contributed by atoms with Crippen LogP contribution in [0.25, 0.3) is 10.9 Å². The Morgan fingerprint density at radius 2 is 2.09 bits per heavy atom. The number of hydrogen-bond acceptors (Lipinski definition) is 6. The van der Waals surface area contributed by atoms with Gasteiger partial charge in [-0.15, -0.1) is 5.10 Å². The summed E-state index contributed by atoms with van der Waals surface area (Å²) in [5, 5.41) is 10.8. The van der Waals surface area contributed by atoms with E-state index in [1.165, 1.54) is 11.8 Å². The number of hydrogen-bond donors (Lipinski definition) is 1. The van der Waals surface area contributed by atoms with E-state index in [1.54, 1.807) is 39.0 Å². The molecule has 0 radical (unpaired) electrons. The van der Waals surface area contributed by atoms with Gasteiger partial charge < -0.3 is 14.8 Å². The molecule has 1 N–H and O–H groups in total. The van der Waals surface area contributed by atoms with Crippen LogP contribution < -0.4 is 15.6 Å². The molecule has 1 heterocycles. The molecule has 0 unspecified atom stereocenters. The van der Waals surface area contributed by atoms with E-state index < -0.39 is 11.7 Å². The minimum atomic E-state index is -0.569. The van der Waals surface area contributed by atoms with Gasteiger partial charge in [0, 0.05) is 6.54 Å². The smallest absolute Gasteiger partial charge is 0.407 e. The van der Waals surface area contributed by atoms with Crippen LogP contribution in [0.15, 0.2) is 23.0 Å². The second-order valence-electron chi connectivity index (χ2n) is 5.93. The quantitative estimate of drug-likeness (QED) is 0.913. The molecule has 0 aliphatic carbocycles. The summed E-state index contributed by atoms with van der Waals surface area (Å²) < 4.78 is 11.4. The fraction of sp³-hybridized carbons (Fsp3) is 0.467. The van der Waals surface area contributed by atoms with E-state index in [2.05, 4.69) is 15.6 Å². The van der Waals surface area contributed by atoms with Crippen molar-refractivity contribution in [2.24, 2.45) is 0 Å². The summed E-state index contributed by atoms with van der Waals surface area (Å²) in [7, 11) is 1.53. The third-order valence-electron chi connectivity index (χ3n) is 2.92. The Bertz CT molecular complexity index is 764. The molecule has 0 bridgehead atoms. The third kappa shape index (κ3) is 4.41. The van der Waals surface area contributed by atoms with Gasteiger partial charge in [0.05, 0.1) is 19.0 Å². The molecule has 0 saturated heterocycles. The summed E-state index contributed by atoms with van der Waals surface area (Å²) in [6.07, 6.45) is -0.541. The van der Waals surface area contributed by atoms with Gasteiger partial charge in [0.25, 0.3) is 5.56 Å². The number of methoxy groups -OCH3 is 1. The second kappa shape index (κ2) is 6.64. The first-order chi connectivity index (χ1) is 10.8. The van der Waals surface area contributed by atoms with Crippen LogP contribution in [-0.2, 0) is 11.3 Å². The average Bonchev–Trinajstić information content (AvgIpc) is 2.47. The zero-order chi connectivity index (χ0) is 17.0. The first-order valence-electron chi connectivity index (χ1n) is 7.18. The molecule has 23 heavy (non-hydrogen) atoms. The van der Waals surface area contributed by atoms with Crippen molar-refractivity contribution >= 4 is 17.0 Å². The molecule has 1 aromatic heterocycles. The van der Waals surface area contributed by atoms with Crippen LogP contribution in [0.5, 0.6) is 5.75 Å². The number of ether oxygens (including phenoxy) is 2. The molecule has 0 aliphatic heterocycles. The van der Waals surface area contributed by atoms with Crippen LogP contribution in [0.1, 0.15) is 20.8 Å². The summed E-state index contributed by atoms with van der Waals surface area (Å²) in [5.74, 6) is 0.570. The van der Waals surface area contributed by atoms with Gasteiger partial charge in [-0.05, 0) is 39.0 Å². The van der Waals surface area contributed by atoms with Crippen LogP contribution in [-0.4, -0.2) is 40.3 Å². The summed E-state index contributed by atoms with van der Waals surface area (Å²) in [6, 6.07) is 5.00. The van der Waals surface area contributed by atoms with Crippen molar-refractivity contribution in [2.75, 3.05) is 13.7 Å². The number of carbonyl (C=O) groups excluding carboxylic acids is 1. The van der Waals surface area contributed by atoms with Gasteiger partial charge in [-0.3, -0.25) is 4.79 Å². The predicted octanol–water partition coefficient (Wildman–Crippen LogP) is 1.32. The lowest BCUT2D eigenvalue weighted by Crippen LogP contribution is -2.36. The molecule has 124 valence electrons. The summed E-state index contributed by atoms with van der Waals surface area (Å²) >= 11 is 0. The van der Waals surface area contributed by atoms with Crippen LogP contribution in [0.3, 0.4) is 0 Å². The molecule has 0 aliphatic rings.